The monoisotopic (exact) mass is 472 g/mol. The van der Waals surface area contributed by atoms with Crippen LogP contribution in [0.2, 0.25) is 0 Å². The van der Waals surface area contributed by atoms with E-state index in [0.717, 1.165) is 41.7 Å². The van der Waals surface area contributed by atoms with Crippen molar-refractivity contribution in [2.24, 2.45) is 0 Å². The van der Waals surface area contributed by atoms with Gasteiger partial charge in [0.2, 0.25) is 5.91 Å². The van der Waals surface area contributed by atoms with E-state index in [0.29, 0.717) is 51.0 Å². The van der Waals surface area contributed by atoms with Gasteiger partial charge in [0.1, 0.15) is 5.75 Å². The van der Waals surface area contributed by atoms with Gasteiger partial charge in [-0.25, -0.2) is 0 Å². The number of carbonyl (C=O) groups is 2. The lowest BCUT2D eigenvalue weighted by molar-refractivity contribution is -0.131. The average molecular weight is 473 g/mol. The molecule has 0 bridgehead atoms. The van der Waals surface area contributed by atoms with E-state index in [1.54, 1.807) is 7.11 Å². The molecule has 2 heterocycles. The van der Waals surface area contributed by atoms with E-state index in [1.807, 2.05) is 64.2 Å². The van der Waals surface area contributed by atoms with Gasteiger partial charge in [-0.2, -0.15) is 5.26 Å². The highest BCUT2D eigenvalue weighted by Crippen LogP contribution is 2.23. The lowest BCUT2D eigenvalue weighted by atomic mass is 10.1. The third-order valence-corrected chi connectivity index (χ3v) is 6.65. The number of methoxy groups -OCH3 is 1. The zero-order chi connectivity index (χ0) is 24.6. The Kier molecular flexibility index (Phi) is 8.17. The maximum absolute atomic E-state index is 13.2. The maximum atomic E-state index is 13.2. The van der Waals surface area contributed by atoms with Crippen molar-refractivity contribution >= 4 is 22.6 Å². The van der Waals surface area contributed by atoms with Gasteiger partial charge < -0.3 is 14.2 Å². The summed E-state index contributed by atoms with van der Waals surface area (Å²) in [5, 5.41) is 9.89. The number of nitriles is 1. The van der Waals surface area contributed by atoms with Crippen molar-refractivity contribution in [2.75, 3.05) is 39.8 Å². The Morgan fingerprint density at radius 3 is 2.60 bits per heavy atom. The van der Waals surface area contributed by atoms with Gasteiger partial charge in [0.15, 0.2) is 5.78 Å². The summed E-state index contributed by atoms with van der Waals surface area (Å²) in [5.41, 5.74) is 2.81. The summed E-state index contributed by atoms with van der Waals surface area (Å²) < 4.78 is 7.19. The maximum Gasteiger partial charge on any atom is 0.222 e. The number of Topliss-reactive ketones (excluding diaryl/α,β-unsaturated/α-hetero) is 1. The molecule has 0 aliphatic carbocycles. The SMILES string of the molecule is COc1ccc(CCC(=O)N2CCCN(CC(=O)c3cn(CCC#N)c4ccccc34)CC2)cc1. The number of hydrogen-bond acceptors (Lipinski definition) is 5. The molecule has 1 fully saturated rings. The number of aromatic nitrogens is 1. The van der Waals surface area contributed by atoms with Crippen molar-refractivity contribution in [3.05, 3.63) is 65.9 Å². The molecular formula is C28H32N4O3. The zero-order valence-electron chi connectivity index (χ0n) is 20.3. The molecule has 7 nitrogen and oxygen atoms in total. The fourth-order valence-corrected chi connectivity index (χ4v) is 4.69. The smallest absolute Gasteiger partial charge is 0.222 e. The molecule has 2 aromatic carbocycles. The van der Waals surface area contributed by atoms with Crippen LogP contribution >= 0.6 is 0 Å². The molecule has 0 radical (unpaired) electrons. The second kappa shape index (κ2) is 11.7. The summed E-state index contributed by atoms with van der Waals surface area (Å²) >= 11 is 0. The molecule has 1 amide bonds. The van der Waals surface area contributed by atoms with Gasteiger partial charge in [0, 0.05) is 61.8 Å². The molecule has 1 aliphatic heterocycles. The molecule has 0 saturated carbocycles. The second-order valence-corrected chi connectivity index (χ2v) is 8.94. The molecule has 7 heteroatoms. The number of rotatable bonds is 9. The molecule has 0 unspecified atom stereocenters. The molecule has 1 aliphatic rings. The van der Waals surface area contributed by atoms with E-state index >= 15 is 0 Å². The lowest BCUT2D eigenvalue weighted by Gasteiger charge is -2.21. The number of carbonyl (C=O) groups excluding carboxylic acids is 2. The van der Waals surface area contributed by atoms with Gasteiger partial charge in [-0.15, -0.1) is 0 Å². The van der Waals surface area contributed by atoms with Gasteiger partial charge in [-0.1, -0.05) is 30.3 Å². The van der Waals surface area contributed by atoms with Crippen molar-refractivity contribution in [2.45, 2.75) is 32.2 Å². The summed E-state index contributed by atoms with van der Waals surface area (Å²) in [6.07, 6.45) is 4.33. The molecule has 4 rings (SSSR count). The Balaban J connectivity index is 1.33. The zero-order valence-corrected chi connectivity index (χ0v) is 20.3. The highest BCUT2D eigenvalue weighted by molar-refractivity contribution is 6.09. The quantitative estimate of drug-likeness (QED) is 0.441. The number of aryl methyl sites for hydroxylation is 2. The minimum atomic E-state index is 0.0798. The fraction of sp³-hybridized carbons (Fsp3) is 0.393. The molecule has 35 heavy (non-hydrogen) atoms. The largest absolute Gasteiger partial charge is 0.497 e. The van der Waals surface area contributed by atoms with Crippen molar-refractivity contribution in [3.63, 3.8) is 0 Å². The summed E-state index contributed by atoms with van der Waals surface area (Å²) in [7, 11) is 1.64. The van der Waals surface area contributed by atoms with Crippen LogP contribution in [0.4, 0.5) is 0 Å². The van der Waals surface area contributed by atoms with Crippen LogP contribution in [0.15, 0.2) is 54.7 Å². The van der Waals surface area contributed by atoms with Crippen LogP contribution in [0.1, 0.15) is 35.2 Å². The topological polar surface area (TPSA) is 78.6 Å². The molecule has 0 N–H and O–H groups in total. The van der Waals surface area contributed by atoms with E-state index in [2.05, 4.69) is 11.0 Å². The minimum Gasteiger partial charge on any atom is -0.497 e. The first-order valence-corrected chi connectivity index (χ1v) is 12.2. The van der Waals surface area contributed by atoms with Crippen LogP contribution in [-0.4, -0.2) is 65.9 Å². The summed E-state index contributed by atoms with van der Waals surface area (Å²) in [6, 6.07) is 17.9. The Hall–Kier alpha value is -3.63. The van der Waals surface area contributed by atoms with Crippen LogP contribution in [0.5, 0.6) is 5.75 Å². The Morgan fingerprint density at radius 1 is 1.03 bits per heavy atom. The van der Waals surface area contributed by atoms with Gasteiger partial charge in [-0.3, -0.25) is 14.5 Å². The Morgan fingerprint density at radius 2 is 1.83 bits per heavy atom. The van der Waals surface area contributed by atoms with Crippen LogP contribution in [0.25, 0.3) is 10.9 Å². The molecular weight excluding hydrogens is 440 g/mol. The number of fused-ring (bicyclic) bond motifs is 1. The first kappa shape index (κ1) is 24.5. The molecule has 1 saturated heterocycles. The minimum absolute atomic E-state index is 0.0798. The van der Waals surface area contributed by atoms with Gasteiger partial charge in [-0.05, 0) is 36.6 Å². The normalized spacial score (nSPS) is 14.5. The third-order valence-electron chi connectivity index (χ3n) is 6.65. The average Bonchev–Trinajstić information content (AvgIpc) is 3.10. The van der Waals surface area contributed by atoms with Crippen molar-refractivity contribution in [1.29, 1.82) is 5.26 Å². The van der Waals surface area contributed by atoms with Gasteiger partial charge >= 0.3 is 0 Å². The van der Waals surface area contributed by atoms with E-state index in [1.165, 1.54) is 0 Å². The first-order valence-electron chi connectivity index (χ1n) is 12.2. The standard InChI is InChI=1S/C28H32N4O3/c1-35-23-11-8-22(9-12-23)10-13-28(34)31-17-5-15-30(18-19-31)21-27(33)25-20-32(16-4-14-29)26-7-3-2-6-24(25)26/h2-3,6-9,11-12,20H,4-5,10,13,15-19,21H2,1H3. The molecule has 0 atom stereocenters. The Labute approximate surface area is 206 Å². The van der Waals surface area contributed by atoms with Crippen LogP contribution in [0, 0.1) is 11.3 Å². The second-order valence-electron chi connectivity index (χ2n) is 8.94. The summed E-state index contributed by atoms with van der Waals surface area (Å²) in [5.74, 6) is 1.06. The summed E-state index contributed by atoms with van der Waals surface area (Å²) in [6.45, 7) is 3.74. The molecule has 0 spiro atoms. The lowest BCUT2D eigenvalue weighted by Crippen LogP contribution is -2.36. The van der Waals surface area contributed by atoms with E-state index in [-0.39, 0.29) is 11.7 Å². The van der Waals surface area contributed by atoms with E-state index in [4.69, 9.17) is 10.00 Å². The number of amides is 1. The number of nitrogens with zero attached hydrogens (tertiary/aromatic N) is 4. The van der Waals surface area contributed by atoms with Crippen LogP contribution in [0.3, 0.4) is 0 Å². The number of ether oxygens (including phenoxy) is 1. The van der Waals surface area contributed by atoms with Crippen LogP contribution in [-0.2, 0) is 17.8 Å². The predicted octanol–water partition coefficient (Wildman–Crippen LogP) is 3.91. The molecule has 1 aromatic heterocycles. The predicted molar refractivity (Wildman–Crippen MR) is 135 cm³/mol. The molecule has 182 valence electrons. The fourth-order valence-electron chi connectivity index (χ4n) is 4.69. The van der Waals surface area contributed by atoms with Crippen molar-refractivity contribution in [3.8, 4) is 11.8 Å². The highest BCUT2D eigenvalue weighted by Gasteiger charge is 2.22. The Bertz CT molecular complexity index is 1210. The number of hydrogen-bond donors (Lipinski definition) is 0. The number of benzene rings is 2. The molecule has 3 aromatic rings. The van der Waals surface area contributed by atoms with Crippen molar-refractivity contribution < 1.29 is 14.3 Å². The van der Waals surface area contributed by atoms with Crippen LogP contribution < -0.4 is 4.74 Å². The third kappa shape index (κ3) is 6.09. The van der Waals surface area contributed by atoms with Crippen molar-refractivity contribution in [1.82, 2.24) is 14.4 Å². The van der Waals surface area contributed by atoms with E-state index in [9.17, 15) is 9.59 Å². The number of ketones is 1. The highest BCUT2D eigenvalue weighted by atomic mass is 16.5. The number of para-hydroxylation sites is 1. The van der Waals surface area contributed by atoms with Gasteiger partial charge in [0.05, 0.1) is 26.1 Å². The van der Waals surface area contributed by atoms with Gasteiger partial charge in [0.25, 0.3) is 0 Å². The first-order chi connectivity index (χ1) is 17.1. The summed E-state index contributed by atoms with van der Waals surface area (Å²) in [4.78, 5) is 30.1. The van der Waals surface area contributed by atoms with E-state index < -0.39 is 0 Å².